The van der Waals surface area contributed by atoms with E-state index < -0.39 is 0 Å². The first-order valence-corrected chi connectivity index (χ1v) is 7.72. The van der Waals surface area contributed by atoms with E-state index in [-0.39, 0.29) is 51.0 Å². The van der Waals surface area contributed by atoms with Gasteiger partial charge in [0.15, 0.2) is 0 Å². The van der Waals surface area contributed by atoms with Crippen LogP contribution in [0.15, 0.2) is 35.5 Å². The molecule has 0 aromatic rings. The summed E-state index contributed by atoms with van der Waals surface area (Å²) in [7, 11) is 0.963. The smallest absolute Gasteiger partial charge is 1.00 e. The molecule has 1 aliphatic heterocycles. The molecule has 4 heteroatoms. The van der Waals surface area contributed by atoms with Gasteiger partial charge < -0.3 is 24.8 Å². The van der Waals surface area contributed by atoms with Gasteiger partial charge in [0.05, 0.1) is 0 Å². The molecule has 103 valence electrons. The van der Waals surface area contributed by atoms with Crippen molar-refractivity contribution < 1.29 is 51.0 Å². The molecule has 3 aliphatic rings. The molecule has 19 heavy (non-hydrogen) atoms. The summed E-state index contributed by atoms with van der Waals surface area (Å²) in [6.07, 6.45) is 18.2. The van der Waals surface area contributed by atoms with Crippen LogP contribution in [0.25, 0.3) is 0 Å². The summed E-state index contributed by atoms with van der Waals surface area (Å²) >= 11 is 0. The van der Waals surface area contributed by atoms with Crippen molar-refractivity contribution in [2.75, 3.05) is 0 Å². The standard InChI is InChI=1S/2C6H7.C3H7Si.2ClH.Zr/c2*1-6-4-2-3-5-6;1-2-4-3-1;;;/h2*2,4H,3H2,1H3;4H,1-3H2;2*1H;/q2*-1;;;;+4/p-2. The maximum Gasteiger partial charge on any atom is 4.00 e. The Morgan fingerprint density at radius 2 is 1.21 bits per heavy atom. The van der Waals surface area contributed by atoms with Crippen LogP contribution < -0.4 is 24.8 Å². The summed E-state index contributed by atoms with van der Waals surface area (Å²) < 4.78 is 0. The number of hydrogen-bond acceptors (Lipinski definition) is 0. The summed E-state index contributed by atoms with van der Waals surface area (Å²) in [6, 6.07) is 3.17. The predicted molar refractivity (Wildman–Crippen MR) is 73.8 cm³/mol. The summed E-state index contributed by atoms with van der Waals surface area (Å²) in [5.74, 6) is 0. The zero-order valence-electron chi connectivity index (χ0n) is 11.7. The molecule has 0 nitrogen and oxygen atoms in total. The molecular weight excluding hydrogens is 370 g/mol. The summed E-state index contributed by atoms with van der Waals surface area (Å²) in [5, 5.41) is 0. The first-order chi connectivity index (χ1) is 7.79. The van der Waals surface area contributed by atoms with Gasteiger partial charge in [-0.2, -0.15) is 12.2 Å². The van der Waals surface area contributed by atoms with Crippen LogP contribution in [-0.4, -0.2) is 9.52 Å². The van der Waals surface area contributed by atoms with Crippen molar-refractivity contribution in [3.05, 3.63) is 47.6 Å². The van der Waals surface area contributed by atoms with Gasteiger partial charge in [0.2, 0.25) is 0 Å². The molecule has 1 saturated heterocycles. The molecule has 0 amide bonds. The number of rotatable bonds is 0. The minimum absolute atomic E-state index is 0. The Kier molecular flexibility index (Phi) is 21.7. The summed E-state index contributed by atoms with van der Waals surface area (Å²) in [6.45, 7) is 4.12. The van der Waals surface area contributed by atoms with Crippen LogP contribution in [0, 0.1) is 12.2 Å². The molecule has 1 heterocycles. The van der Waals surface area contributed by atoms with Gasteiger partial charge in [-0.05, 0) is 0 Å². The van der Waals surface area contributed by atoms with Crippen LogP contribution in [0.1, 0.15) is 33.1 Å². The Balaban J connectivity index is -0.000000190. The van der Waals surface area contributed by atoms with Gasteiger partial charge in [0, 0.05) is 9.52 Å². The fraction of sp³-hybridized carbons (Fsp3) is 0.467. The molecule has 0 N–H and O–H groups in total. The Morgan fingerprint density at radius 3 is 1.26 bits per heavy atom. The van der Waals surface area contributed by atoms with Gasteiger partial charge in [0.25, 0.3) is 0 Å². The van der Waals surface area contributed by atoms with E-state index >= 15 is 0 Å². The van der Waals surface area contributed by atoms with Crippen molar-refractivity contribution in [1.29, 1.82) is 0 Å². The quantitative estimate of drug-likeness (QED) is 0.333. The molecule has 1 fully saturated rings. The van der Waals surface area contributed by atoms with Gasteiger partial charge in [-0.3, -0.25) is 12.2 Å². The molecule has 0 saturated carbocycles. The average molecular weight is 392 g/mol. The van der Waals surface area contributed by atoms with E-state index in [0.717, 1.165) is 22.4 Å². The van der Waals surface area contributed by atoms with Crippen LogP contribution in [0.5, 0.6) is 0 Å². The van der Waals surface area contributed by atoms with Crippen LogP contribution in [-0.2, 0) is 26.2 Å². The van der Waals surface area contributed by atoms with E-state index in [9.17, 15) is 0 Å². The van der Waals surface area contributed by atoms with Crippen molar-refractivity contribution in [1.82, 2.24) is 0 Å². The van der Waals surface area contributed by atoms with Crippen LogP contribution >= 0.6 is 0 Å². The maximum absolute atomic E-state index is 3.12. The van der Waals surface area contributed by atoms with Crippen molar-refractivity contribution >= 4 is 9.52 Å². The second-order valence-corrected chi connectivity index (χ2v) is 5.88. The van der Waals surface area contributed by atoms with Gasteiger partial charge in [0.1, 0.15) is 0 Å². The average Bonchev–Trinajstić information content (AvgIpc) is 2.76. The molecule has 0 bridgehead atoms. The van der Waals surface area contributed by atoms with Crippen molar-refractivity contribution in [3.8, 4) is 0 Å². The van der Waals surface area contributed by atoms with Crippen molar-refractivity contribution in [2.24, 2.45) is 0 Å². The molecular formula is C15H21Cl2SiZr. The Bertz CT molecular complexity index is 279. The largest absolute Gasteiger partial charge is 4.00 e. The van der Waals surface area contributed by atoms with Gasteiger partial charge in [-0.1, -0.05) is 32.4 Å². The minimum Gasteiger partial charge on any atom is -1.00 e. The fourth-order valence-electron chi connectivity index (χ4n) is 1.23. The third kappa shape index (κ3) is 14.9. The van der Waals surface area contributed by atoms with Crippen LogP contribution in [0.3, 0.4) is 0 Å². The Morgan fingerprint density at radius 1 is 0.895 bits per heavy atom. The topological polar surface area (TPSA) is 0 Å². The number of hydrogen-bond donors (Lipinski definition) is 0. The van der Waals surface area contributed by atoms with E-state index in [1.807, 2.05) is 0 Å². The molecule has 0 spiro atoms. The molecule has 2 aliphatic carbocycles. The summed E-state index contributed by atoms with van der Waals surface area (Å²) in [5.41, 5.74) is 2.55. The van der Waals surface area contributed by atoms with Crippen LogP contribution in [0.2, 0.25) is 12.1 Å². The third-order valence-corrected chi connectivity index (χ3v) is 4.18. The summed E-state index contributed by atoms with van der Waals surface area (Å²) in [4.78, 5) is 0. The van der Waals surface area contributed by atoms with Crippen LogP contribution in [0.4, 0.5) is 0 Å². The minimum atomic E-state index is 0. The Labute approximate surface area is 152 Å². The second kappa shape index (κ2) is 16.7. The zero-order valence-corrected chi connectivity index (χ0v) is 16.8. The first-order valence-electron chi connectivity index (χ1n) is 6.08. The van der Waals surface area contributed by atoms with E-state index in [1.165, 1.54) is 17.6 Å². The van der Waals surface area contributed by atoms with Crippen molar-refractivity contribution in [2.45, 2.75) is 45.2 Å². The molecule has 0 atom stereocenters. The second-order valence-electron chi connectivity index (χ2n) is 4.15. The maximum atomic E-state index is 3.12. The van der Waals surface area contributed by atoms with E-state index in [4.69, 9.17) is 0 Å². The molecule has 0 aromatic carbocycles. The van der Waals surface area contributed by atoms with E-state index in [1.54, 1.807) is 12.1 Å². The SMILES string of the molecule is C1C[SiH]C1.CC1=[C-]CC=C1.CC1=[C-]CC=C1.[Cl-].[Cl-].[Zr+4]. The molecule has 0 unspecified atom stereocenters. The van der Waals surface area contributed by atoms with Gasteiger partial charge in [-0.25, -0.2) is 23.3 Å². The Hall–Kier alpha value is 0.640. The van der Waals surface area contributed by atoms with E-state index in [2.05, 4.69) is 50.3 Å². The number of allylic oxidation sites excluding steroid dienone is 8. The van der Waals surface area contributed by atoms with Gasteiger partial charge >= 0.3 is 26.2 Å². The monoisotopic (exact) mass is 389 g/mol. The molecule has 3 rings (SSSR count). The first kappa shape index (κ1) is 24.6. The normalized spacial score (nSPS) is 16.7. The van der Waals surface area contributed by atoms with Gasteiger partial charge in [-0.15, -0.1) is 12.8 Å². The molecule has 1 radical (unpaired) electrons. The zero-order chi connectivity index (χ0) is 11.6. The van der Waals surface area contributed by atoms with E-state index in [0.29, 0.717) is 0 Å². The predicted octanol–water partition coefficient (Wildman–Crippen LogP) is -1.94. The third-order valence-electron chi connectivity index (χ3n) is 2.55. The number of halogens is 2. The van der Waals surface area contributed by atoms with Crippen molar-refractivity contribution in [3.63, 3.8) is 0 Å². The fourth-order valence-corrected chi connectivity index (χ4v) is 1.64. The molecule has 0 aromatic heterocycles.